The molecule has 1 saturated heterocycles. The van der Waals surface area contributed by atoms with Crippen molar-refractivity contribution in [3.05, 3.63) is 98.5 Å². The van der Waals surface area contributed by atoms with E-state index in [-0.39, 0.29) is 42.4 Å². The Bertz CT molecular complexity index is 1440. The van der Waals surface area contributed by atoms with Gasteiger partial charge >= 0.3 is 0 Å². The van der Waals surface area contributed by atoms with E-state index < -0.39 is 46.4 Å². The van der Waals surface area contributed by atoms with Crippen molar-refractivity contribution in [3.8, 4) is 5.75 Å². The number of fused-ring (bicyclic) bond motifs is 2. The normalized spacial score (nSPS) is 18.8. The quantitative estimate of drug-likeness (QED) is 0.551. The van der Waals surface area contributed by atoms with Crippen LogP contribution in [0.4, 0.5) is 8.78 Å². The van der Waals surface area contributed by atoms with Gasteiger partial charge in [-0.3, -0.25) is 14.4 Å². The predicted octanol–water partition coefficient (Wildman–Crippen LogP) is 2.94. The third-order valence-electron chi connectivity index (χ3n) is 6.81. The van der Waals surface area contributed by atoms with Crippen LogP contribution in [0, 0.1) is 11.6 Å². The number of rotatable bonds is 5. The summed E-state index contributed by atoms with van der Waals surface area (Å²) in [6, 6.07) is 11.1. The van der Waals surface area contributed by atoms with Crippen molar-refractivity contribution in [3.63, 3.8) is 0 Å². The molecule has 37 heavy (non-hydrogen) atoms. The first-order valence-corrected chi connectivity index (χ1v) is 11.9. The minimum Gasteiger partial charge on any atom is -0.503 e. The highest BCUT2D eigenvalue weighted by molar-refractivity contribution is 5.99. The first kappa shape index (κ1) is 24.6. The van der Waals surface area contributed by atoms with Gasteiger partial charge in [-0.25, -0.2) is 8.78 Å². The van der Waals surface area contributed by atoms with Crippen LogP contribution in [0.2, 0.25) is 0 Å². The molecule has 1 fully saturated rings. The molecule has 3 aromatic rings. The largest absolute Gasteiger partial charge is 0.503 e. The molecule has 10 heteroatoms. The van der Waals surface area contributed by atoms with Crippen LogP contribution in [0.1, 0.15) is 50.9 Å². The van der Waals surface area contributed by atoms with Gasteiger partial charge in [0.05, 0.1) is 13.2 Å². The SMILES string of the molecule is C[C@@H]1CCO[C@H]2Cn3cc(C(=O)NCc4cc(Cc5ccccc5)c(F)cc4F)c(=O)c(O)c3C(=O)N12. The van der Waals surface area contributed by atoms with Crippen molar-refractivity contribution in [2.24, 2.45) is 0 Å². The lowest BCUT2D eigenvalue weighted by Gasteiger charge is -2.44. The number of nitrogens with zero attached hydrogens (tertiary/aromatic N) is 2. The van der Waals surface area contributed by atoms with E-state index in [0.29, 0.717) is 13.0 Å². The van der Waals surface area contributed by atoms with Crippen LogP contribution >= 0.6 is 0 Å². The Labute approximate surface area is 211 Å². The number of hydrogen-bond donors (Lipinski definition) is 2. The Morgan fingerprint density at radius 1 is 1.14 bits per heavy atom. The Morgan fingerprint density at radius 3 is 2.62 bits per heavy atom. The van der Waals surface area contributed by atoms with Gasteiger partial charge in [-0.1, -0.05) is 30.3 Å². The molecule has 8 nitrogen and oxygen atoms in total. The molecular weight excluding hydrogens is 484 g/mol. The molecule has 3 heterocycles. The minimum absolute atomic E-state index is 0.0402. The van der Waals surface area contributed by atoms with Crippen LogP contribution in [0.25, 0.3) is 0 Å². The minimum atomic E-state index is -1.01. The molecule has 1 aromatic heterocycles. The first-order chi connectivity index (χ1) is 17.7. The fourth-order valence-corrected chi connectivity index (χ4v) is 4.82. The van der Waals surface area contributed by atoms with Crippen LogP contribution in [-0.2, 0) is 24.2 Å². The number of halogens is 2. The zero-order valence-electron chi connectivity index (χ0n) is 20.0. The number of aromatic hydroxyl groups is 1. The molecule has 0 bridgehead atoms. The van der Waals surface area contributed by atoms with Gasteiger partial charge in [-0.15, -0.1) is 0 Å². The van der Waals surface area contributed by atoms with E-state index in [0.717, 1.165) is 11.6 Å². The maximum absolute atomic E-state index is 14.5. The number of pyridine rings is 1. The average molecular weight is 510 g/mol. The van der Waals surface area contributed by atoms with Crippen molar-refractivity contribution in [1.82, 2.24) is 14.8 Å². The number of hydrogen-bond acceptors (Lipinski definition) is 5. The highest BCUT2D eigenvalue weighted by atomic mass is 19.1. The summed E-state index contributed by atoms with van der Waals surface area (Å²) in [5.41, 5.74) is -0.481. The standard InChI is InChI=1S/C27H25F2N3O5/c1-15-7-8-37-22-14-31-13-19(24(33)25(34)23(31)27(36)32(15)22)26(35)30-12-18-10-17(20(28)11-21(18)29)9-16-5-3-2-4-6-16/h2-6,10-11,13,15,22,34H,7-9,12,14H2,1H3,(H,30,35)/t15-,22+/m1/s1. The number of aromatic nitrogens is 1. The molecule has 0 aliphatic carbocycles. The lowest BCUT2D eigenvalue weighted by Crippen LogP contribution is -2.57. The molecule has 0 radical (unpaired) electrons. The summed E-state index contributed by atoms with van der Waals surface area (Å²) in [6.45, 7) is 2.14. The van der Waals surface area contributed by atoms with E-state index in [2.05, 4.69) is 5.32 Å². The van der Waals surface area contributed by atoms with Gasteiger partial charge in [0.1, 0.15) is 17.2 Å². The van der Waals surface area contributed by atoms with Gasteiger partial charge in [0.25, 0.3) is 11.8 Å². The van der Waals surface area contributed by atoms with Crippen molar-refractivity contribution < 1.29 is 28.2 Å². The van der Waals surface area contributed by atoms with E-state index in [1.165, 1.54) is 21.7 Å². The van der Waals surface area contributed by atoms with Gasteiger partial charge in [0.2, 0.25) is 5.43 Å². The number of carbonyl (C=O) groups is 2. The zero-order chi connectivity index (χ0) is 26.3. The van der Waals surface area contributed by atoms with Gasteiger partial charge in [0, 0.05) is 36.8 Å². The summed E-state index contributed by atoms with van der Waals surface area (Å²) in [7, 11) is 0. The Morgan fingerprint density at radius 2 is 1.86 bits per heavy atom. The molecule has 0 saturated carbocycles. The molecule has 2 aliphatic heterocycles. The molecule has 2 atom stereocenters. The summed E-state index contributed by atoms with van der Waals surface area (Å²) in [4.78, 5) is 40.2. The van der Waals surface area contributed by atoms with Crippen LogP contribution in [0.3, 0.4) is 0 Å². The van der Waals surface area contributed by atoms with E-state index in [4.69, 9.17) is 4.74 Å². The molecule has 2 aromatic carbocycles. The molecule has 2 amide bonds. The summed E-state index contributed by atoms with van der Waals surface area (Å²) in [5.74, 6) is -3.78. The number of carbonyl (C=O) groups excluding carboxylic acids is 2. The van der Waals surface area contributed by atoms with E-state index in [1.54, 1.807) is 0 Å². The van der Waals surface area contributed by atoms with Gasteiger partial charge in [0.15, 0.2) is 17.7 Å². The summed E-state index contributed by atoms with van der Waals surface area (Å²) in [6.07, 6.45) is 1.48. The van der Waals surface area contributed by atoms with Gasteiger partial charge in [-0.05, 0) is 30.5 Å². The van der Waals surface area contributed by atoms with Crippen LogP contribution in [-0.4, -0.2) is 45.3 Å². The summed E-state index contributed by atoms with van der Waals surface area (Å²) < 4.78 is 35.9. The highest BCUT2D eigenvalue weighted by Gasteiger charge is 2.41. The average Bonchev–Trinajstić information content (AvgIpc) is 2.87. The molecular formula is C27H25F2N3O5. The lowest BCUT2D eigenvalue weighted by atomic mass is 10.0. The fraction of sp³-hybridized carbons (Fsp3) is 0.296. The Hall–Kier alpha value is -4.05. The number of benzene rings is 2. The second kappa shape index (κ2) is 9.78. The molecule has 2 aliphatic rings. The molecule has 192 valence electrons. The Balaban J connectivity index is 1.38. The topological polar surface area (TPSA) is 101 Å². The van der Waals surface area contributed by atoms with Crippen LogP contribution in [0.15, 0.2) is 53.5 Å². The maximum Gasteiger partial charge on any atom is 0.276 e. The maximum atomic E-state index is 14.5. The third-order valence-corrected chi connectivity index (χ3v) is 6.81. The van der Waals surface area contributed by atoms with Crippen LogP contribution in [0.5, 0.6) is 5.75 Å². The molecule has 5 rings (SSSR count). The van der Waals surface area contributed by atoms with Crippen LogP contribution < -0.4 is 10.7 Å². The summed E-state index contributed by atoms with van der Waals surface area (Å²) in [5, 5.41) is 13.0. The smallest absolute Gasteiger partial charge is 0.276 e. The second-order valence-electron chi connectivity index (χ2n) is 9.28. The zero-order valence-corrected chi connectivity index (χ0v) is 20.0. The predicted molar refractivity (Wildman–Crippen MR) is 129 cm³/mol. The van der Waals surface area contributed by atoms with Crippen molar-refractivity contribution in [1.29, 1.82) is 0 Å². The first-order valence-electron chi connectivity index (χ1n) is 11.9. The third kappa shape index (κ3) is 4.60. The van der Waals surface area contributed by atoms with E-state index in [9.17, 15) is 28.3 Å². The number of amides is 2. The van der Waals surface area contributed by atoms with Crippen molar-refractivity contribution in [2.45, 2.75) is 45.1 Å². The number of nitrogens with one attached hydrogen (secondary N) is 1. The van der Waals surface area contributed by atoms with Gasteiger partial charge < -0.3 is 24.6 Å². The number of ether oxygens (including phenoxy) is 1. The fourth-order valence-electron chi connectivity index (χ4n) is 4.82. The Kier molecular flexibility index (Phi) is 6.51. The van der Waals surface area contributed by atoms with E-state index in [1.807, 2.05) is 37.3 Å². The highest BCUT2D eigenvalue weighted by Crippen LogP contribution is 2.29. The van der Waals surface area contributed by atoms with E-state index >= 15 is 0 Å². The summed E-state index contributed by atoms with van der Waals surface area (Å²) >= 11 is 0. The van der Waals surface area contributed by atoms with Crippen molar-refractivity contribution >= 4 is 11.8 Å². The molecule has 2 N–H and O–H groups in total. The monoisotopic (exact) mass is 509 g/mol. The van der Waals surface area contributed by atoms with Gasteiger partial charge in [-0.2, -0.15) is 0 Å². The second-order valence-corrected chi connectivity index (χ2v) is 9.28. The molecule has 0 unspecified atom stereocenters. The van der Waals surface area contributed by atoms with Crippen molar-refractivity contribution in [2.75, 3.05) is 6.61 Å². The molecule has 0 spiro atoms. The lowest BCUT2D eigenvalue weighted by molar-refractivity contribution is -0.112.